The van der Waals surface area contributed by atoms with Gasteiger partial charge in [-0.05, 0) is 23.6 Å². The zero-order valence-corrected chi connectivity index (χ0v) is 19.6. The highest BCUT2D eigenvalue weighted by molar-refractivity contribution is 5.96. The van der Waals surface area contributed by atoms with Crippen LogP contribution in [0, 0.1) is 5.92 Å². The summed E-state index contributed by atoms with van der Waals surface area (Å²) in [6.07, 6.45) is -1.78. The normalized spacial score (nSPS) is 14.1. The first kappa shape index (κ1) is 29.8. The molecule has 198 valence electrons. The van der Waals surface area contributed by atoms with Crippen LogP contribution in [0.1, 0.15) is 32.3 Å². The Bertz CT molecular complexity index is 980. The van der Waals surface area contributed by atoms with E-state index >= 15 is 0 Å². The number of benzene rings is 1. The van der Waals surface area contributed by atoms with E-state index in [2.05, 4.69) is 16.0 Å². The Morgan fingerprint density at radius 2 is 1.31 bits per heavy atom. The second-order valence-corrected chi connectivity index (χ2v) is 8.36. The fourth-order valence-corrected chi connectivity index (χ4v) is 3.06. The van der Waals surface area contributed by atoms with Crippen LogP contribution in [0.2, 0.25) is 0 Å². The Kier molecular flexibility index (Phi) is 11.3. The van der Waals surface area contributed by atoms with Crippen molar-refractivity contribution in [2.24, 2.45) is 11.7 Å². The highest BCUT2D eigenvalue weighted by Gasteiger charge is 2.33. The summed E-state index contributed by atoms with van der Waals surface area (Å²) in [6, 6.07) is -0.386. The zero-order valence-electron chi connectivity index (χ0n) is 19.6. The molecule has 1 rings (SSSR count). The molecular formula is C22H30N4O10. The summed E-state index contributed by atoms with van der Waals surface area (Å²) in [6.45, 7) is 3.08. The summed E-state index contributed by atoms with van der Waals surface area (Å²) < 4.78 is 0. The molecule has 0 radical (unpaired) electrons. The van der Waals surface area contributed by atoms with Crippen LogP contribution in [-0.4, -0.2) is 80.2 Å². The molecule has 36 heavy (non-hydrogen) atoms. The number of carboxylic acid groups (broad SMARTS) is 3. The molecule has 0 heterocycles. The summed E-state index contributed by atoms with van der Waals surface area (Å²) >= 11 is 0. The van der Waals surface area contributed by atoms with Crippen molar-refractivity contribution in [1.29, 1.82) is 0 Å². The monoisotopic (exact) mass is 510 g/mol. The Balaban J connectivity index is 3.00. The van der Waals surface area contributed by atoms with Gasteiger partial charge in [0.15, 0.2) is 0 Å². The molecule has 9 N–H and O–H groups in total. The molecular weight excluding hydrogens is 480 g/mol. The maximum absolute atomic E-state index is 12.8. The maximum Gasteiger partial charge on any atom is 0.326 e. The third kappa shape index (κ3) is 9.97. The van der Waals surface area contributed by atoms with E-state index in [0.29, 0.717) is 5.56 Å². The molecule has 14 nitrogen and oxygen atoms in total. The number of rotatable bonds is 14. The van der Waals surface area contributed by atoms with Gasteiger partial charge in [0.25, 0.3) is 0 Å². The summed E-state index contributed by atoms with van der Waals surface area (Å²) in [5.74, 6) is -7.81. The number of aromatic hydroxyl groups is 1. The molecule has 4 unspecified atom stereocenters. The molecule has 1 aromatic rings. The number of amides is 3. The van der Waals surface area contributed by atoms with Gasteiger partial charge >= 0.3 is 17.9 Å². The van der Waals surface area contributed by atoms with Crippen LogP contribution in [0.15, 0.2) is 24.3 Å². The Hall–Kier alpha value is -4.20. The van der Waals surface area contributed by atoms with Crippen molar-refractivity contribution < 1.29 is 49.2 Å². The van der Waals surface area contributed by atoms with Gasteiger partial charge in [-0.2, -0.15) is 0 Å². The lowest BCUT2D eigenvalue weighted by molar-refractivity contribution is -0.143. The van der Waals surface area contributed by atoms with Crippen molar-refractivity contribution in [1.82, 2.24) is 16.0 Å². The maximum atomic E-state index is 12.8. The molecule has 0 aromatic heterocycles. The fourth-order valence-electron chi connectivity index (χ4n) is 3.06. The number of hydrogen-bond donors (Lipinski definition) is 8. The minimum Gasteiger partial charge on any atom is -0.508 e. The standard InChI is InChI=1S/C22H30N4O10/c1-10(2)18(26-19(32)13(23)8-16(28)29)21(34)24-14(9-17(30)31)20(33)25-15(22(35)36)7-11-3-5-12(27)6-4-11/h3-6,10,13-15,18,27H,7-9,23H2,1-2H3,(H,24,34)(H,25,33)(H,26,32)(H,28,29)(H,30,31)(H,35,36). The molecule has 0 saturated carbocycles. The SMILES string of the molecule is CC(C)C(NC(=O)C(N)CC(=O)O)C(=O)NC(CC(=O)O)C(=O)NC(Cc1ccc(O)cc1)C(=O)O. The molecule has 0 fully saturated rings. The third-order valence-corrected chi connectivity index (χ3v) is 4.98. The summed E-state index contributed by atoms with van der Waals surface area (Å²) in [5, 5.41) is 43.5. The van der Waals surface area contributed by atoms with Crippen molar-refractivity contribution in [2.45, 2.75) is 57.3 Å². The quantitative estimate of drug-likeness (QED) is 0.142. The number of carbonyl (C=O) groups is 6. The topological polar surface area (TPSA) is 245 Å². The van der Waals surface area contributed by atoms with E-state index in [-0.39, 0.29) is 12.2 Å². The number of carbonyl (C=O) groups excluding carboxylic acids is 3. The lowest BCUT2D eigenvalue weighted by atomic mass is 10.0. The van der Waals surface area contributed by atoms with Crippen molar-refractivity contribution in [3.63, 3.8) is 0 Å². The highest BCUT2D eigenvalue weighted by atomic mass is 16.4. The summed E-state index contributed by atoms with van der Waals surface area (Å²) in [7, 11) is 0. The van der Waals surface area contributed by atoms with E-state index in [4.69, 9.17) is 10.8 Å². The van der Waals surface area contributed by atoms with Crippen molar-refractivity contribution in [3.05, 3.63) is 29.8 Å². The van der Waals surface area contributed by atoms with Crippen molar-refractivity contribution in [2.75, 3.05) is 0 Å². The average molecular weight is 511 g/mol. The second kappa shape index (κ2) is 13.6. The number of aliphatic carboxylic acids is 3. The summed E-state index contributed by atoms with van der Waals surface area (Å²) in [4.78, 5) is 71.5. The van der Waals surface area contributed by atoms with Gasteiger partial charge in [0, 0.05) is 6.42 Å². The van der Waals surface area contributed by atoms with Gasteiger partial charge in [-0.3, -0.25) is 24.0 Å². The van der Waals surface area contributed by atoms with Crippen molar-refractivity contribution in [3.8, 4) is 5.75 Å². The van der Waals surface area contributed by atoms with Crippen molar-refractivity contribution >= 4 is 35.6 Å². The highest BCUT2D eigenvalue weighted by Crippen LogP contribution is 2.12. The molecule has 0 bridgehead atoms. The number of nitrogens with two attached hydrogens (primary N) is 1. The van der Waals surface area contributed by atoms with Gasteiger partial charge in [-0.15, -0.1) is 0 Å². The van der Waals surface area contributed by atoms with Crippen LogP contribution in [0.4, 0.5) is 0 Å². The minimum absolute atomic E-state index is 0.0467. The number of nitrogens with one attached hydrogen (secondary N) is 3. The molecule has 1 aromatic carbocycles. The molecule has 14 heteroatoms. The van der Waals surface area contributed by atoms with Crippen LogP contribution in [0.25, 0.3) is 0 Å². The smallest absolute Gasteiger partial charge is 0.326 e. The van der Waals surface area contributed by atoms with Crippen LogP contribution >= 0.6 is 0 Å². The molecule has 0 saturated heterocycles. The average Bonchev–Trinajstić information content (AvgIpc) is 2.76. The first-order valence-corrected chi connectivity index (χ1v) is 10.8. The van der Waals surface area contributed by atoms with Crippen LogP contribution in [-0.2, 0) is 35.2 Å². The van der Waals surface area contributed by atoms with Crippen LogP contribution in [0.3, 0.4) is 0 Å². The largest absolute Gasteiger partial charge is 0.508 e. The van der Waals surface area contributed by atoms with Gasteiger partial charge in [0.2, 0.25) is 17.7 Å². The van der Waals surface area contributed by atoms with Gasteiger partial charge in [0.1, 0.15) is 23.9 Å². The molecule has 0 spiro atoms. The number of phenols is 1. The van der Waals surface area contributed by atoms with Gasteiger partial charge in [0.05, 0.1) is 18.9 Å². The number of carboxylic acids is 3. The summed E-state index contributed by atoms with van der Waals surface area (Å²) in [5.41, 5.74) is 5.96. The Morgan fingerprint density at radius 1 is 0.778 bits per heavy atom. The predicted molar refractivity (Wildman–Crippen MR) is 123 cm³/mol. The number of phenolic OH excluding ortho intramolecular Hbond substituents is 1. The number of hydrogen-bond acceptors (Lipinski definition) is 8. The molecule has 3 amide bonds. The Labute approximate surface area is 205 Å². The fraction of sp³-hybridized carbons (Fsp3) is 0.455. The molecule has 0 aliphatic carbocycles. The van der Waals surface area contributed by atoms with E-state index in [1.807, 2.05) is 0 Å². The molecule has 0 aliphatic rings. The van der Waals surface area contributed by atoms with Crippen LogP contribution in [0.5, 0.6) is 5.75 Å². The lowest BCUT2D eigenvalue weighted by Crippen LogP contribution is -2.59. The van der Waals surface area contributed by atoms with E-state index in [1.54, 1.807) is 0 Å². The lowest BCUT2D eigenvalue weighted by Gasteiger charge is -2.26. The van der Waals surface area contributed by atoms with E-state index in [9.17, 15) is 44.1 Å². The van der Waals surface area contributed by atoms with E-state index in [0.717, 1.165) is 0 Å². The third-order valence-electron chi connectivity index (χ3n) is 4.98. The first-order valence-electron chi connectivity index (χ1n) is 10.8. The van der Waals surface area contributed by atoms with Gasteiger partial charge < -0.3 is 42.1 Å². The Morgan fingerprint density at radius 3 is 1.78 bits per heavy atom. The second-order valence-electron chi connectivity index (χ2n) is 8.36. The van der Waals surface area contributed by atoms with Gasteiger partial charge in [-0.1, -0.05) is 26.0 Å². The first-order chi connectivity index (χ1) is 16.7. The van der Waals surface area contributed by atoms with E-state index in [1.165, 1.54) is 38.1 Å². The molecule has 4 atom stereocenters. The minimum atomic E-state index is -1.69. The molecule has 0 aliphatic heterocycles. The van der Waals surface area contributed by atoms with E-state index < -0.39 is 78.6 Å². The predicted octanol–water partition coefficient (Wildman–Crippen LogP) is -1.59. The van der Waals surface area contributed by atoms with Gasteiger partial charge in [-0.25, -0.2) is 4.79 Å². The van der Waals surface area contributed by atoms with Crippen LogP contribution < -0.4 is 21.7 Å². The zero-order chi connectivity index (χ0) is 27.6.